The number of anilines is 2. The summed E-state index contributed by atoms with van der Waals surface area (Å²) in [5.41, 5.74) is 3.11. The Hall–Kier alpha value is -1.51. The van der Waals surface area contributed by atoms with Crippen LogP contribution in [0.15, 0.2) is 18.2 Å². The van der Waals surface area contributed by atoms with Gasteiger partial charge in [-0.25, -0.2) is 0 Å². The van der Waals surface area contributed by atoms with Gasteiger partial charge in [0.05, 0.1) is 0 Å². The van der Waals surface area contributed by atoms with Crippen molar-refractivity contribution in [2.45, 2.75) is 58.9 Å². The summed E-state index contributed by atoms with van der Waals surface area (Å²) in [5.74, 6) is 0.836. The van der Waals surface area contributed by atoms with Crippen molar-refractivity contribution in [1.29, 1.82) is 0 Å². The van der Waals surface area contributed by atoms with E-state index in [2.05, 4.69) is 29.7 Å². The quantitative estimate of drug-likeness (QED) is 0.805. The van der Waals surface area contributed by atoms with Crippen molar-refractivity contribution in [2.24, 2.45) is 5.92 Å². The molecule has 2 N–H and O–H groups in total. The fourth-order valence-corrected chi connectivity index (χ4v) is 2.90. The highest BCUT2D eigenvalue weighted by molar-refractivity contribution is 5.90. The van der Waals surface area contributed by atoms with Gasteiger partial charge in [-0.2, -0.15) is 0 Å². The number of benzene rings is 1. The Morgan fingerprint density at radius 1 is 1.20 bits per heavy atom. The average Bonchev–Trinajstić information content (AvgIpc) is 2.58. The lowest BCUT2D eigenvalue weighted by Crippen LogP contribution is -2.18. The van der Waals surface area contributed by atoms with Gasteiger partial charge in [-0.05, 0) is 49.8 Å². The summed E-state index contributed by atoms with van der Waals surface area (Å²) in [4.78, 5) is 11.2. The van der Waals surface area contributed by atoms with Crippen molar-refractivity contribution in [1.82, 2.24) is 0 Å². The molecule has 2 atom stereocenters. The molecule has 0 bridgehead atoms. The van der Waals surface area contributed by atoms with Crippen LogP contribution in [0.2, 0.25) is 0 Å². The van der Waals surface area contributed by atoms with Crippen LogP contribution in [0.25, 0.3) is 0 Å². The number of nitrogens with one attached hydrogen (secondary N) is 2. The third-order valence-corrected chi connectivity index (χ3v) is 4.18. The van der Waals surface area contributed by atoms with Crippen LogP contribution < -0.4 is 10.6 Å². The van der Waals surface area contributed by atoms with E-state index in [4.69, 9.17) is 0 Å². The van der Waals surface area contributed by atoms with Crippen molar-refractivity contribution in [3.05, 3.63) is 23.8 Å². The number of hydrogen-bond acceptors (Lipinski definition) is 2. The van der Waals surface area contributed by atoms with Gasteiger partial charge in [0.1, 0.15) is 0 Å². The molecule has 0 radical (unpaired) electrons. The lowest BCUT2D eigenvalue weighted by molar-refractivity contribution is -0.114. The number of rotatable bonds is 3. The molecule has 0 aromatic heterocycles. The maximum Gasteiger partial charge on any atom is 0.221 e. The molecule has 3 heteroatoms. The number of carbonyl (C=O) groups is 1. The van der Waals surface area contributed by atoms with Crippen LogP contribution >= 0.6 is 0 Å². The van der Waals surface area contributed by atoms with E-state index in [0.29, 0.717) is 6.04 Å². The summed E-state index contributed by atoms with van der Waals surface area (Å²) in [6.45, 7) is 5.91. The summed E-state index contributed by atoms with van der Waals surface area (Å²) < 4.78 is 0. The number of hydrogen-bond donors (Lipinski definition) is 2. The van der Waals surface area contributed by atoms with E-state index in [1.165, 1.54) is 32.1 Å². The molecule has 0 saturated heterocycles. The monoisotopic (exact) mass is 274 g/mol. The second-order valence-electron chi connectivity index (χ2n) is 6.17. The van der Waals surface area contributed by atoms with Gasteiger partial charge in [-0.1, -0.05) is 25.8 Å². The molecule has 3 nitrogen and oxygen atoms in total. The smallest absolute Gasteiger partial charge is 0.221 e. The van der Waals surface area contributed by atoms with Crippen LogP contribution in [-0.4, -0.2) is 11.9 Å². The molecular weight excluding hydrogens is 248 g/mol. The van der Waals surface area contributed by atoms with Crippen LogP contribution in [0.1, 0.15) is 51.5 Å². The maximum atomic E-state index is 11.2. The zero-order chi connectivity index (χ0) is 14.5. The number of carbonyl (C=O) groups excluding carboxylic acids is 1. The van der Waals surface area contributed by atoms with Crippen LogP contribution in [0.3, 0.4) is 0 Å². The number of amides is 1. The summed E-state index contributed by atoms with van der Waals surface area (Å²) in [6.07, 6.45) is 6.45. The van der Waals surface area contributed by atoms with Crippen molar-refractivity contribution < 1.29 is 4.79 Å². The fraction of sp³-hybridized carbons (Fsp3) is 0.588. The first-order chi connectivity index (χ1) is 9.54. The highest BCUT2D eigenvalue weighted by Crippen LogP contribution is 2.27. The standard InChI is InChI=1S/C17H26N2O/c1-12-5-4-6-15(9-7-12)19-16-10-8-13(2)17(11-16)18-14(3)20/h8,10-12,15,19H,4-7,9H2,1-3H3,(H,18,20). The molecule has 1 aliphatic carbocycles. The second-order valence-corrected chi connectivity index (χ2v) is 6.17. The largest absolute Gasteiger partial charge is 0.382 e. The van der Waals surface area contributed by atoms with Gasteiger partial charge in [0, 0.05) is 24.3 Å². The fourth-order valence-electron chi connectivity index (χ4n) is 2.90. The molecule has 1 aromatic carbocycles. The van der Waals surface area contributed by atoms with Crippen LogP contribution in [0.4, 0.5) is 11.4 Å². The molecule has 1 saturated carbocycles. The van der Waals surface area contributed by atoms with E-state index in [9.17, 15) is 4.79 Å². The first kappa shape index (κ1) is 14.9. The Bertz CT molecular complexity index is 470. The van der Waals surface area contributed by atoms with Gasteiger partial charge in [0.15, 0.2) is 0 Å². The summed E-state index contributed by atoms with van der Waals surface area (Å²) in [7, 11) is 0. The van der Waals surface area contributed by atoms with Crippen molar-refractivity contribution in [2.75, 3.05) is 10.6 Å². The minimum atomic E-state index is -0.0199. The second kappa shape index (κ2) is 6.78. The van der Waals surface area contributed by atoms with Gasteiger partial charge in [0.25, 0.3) is 0 Å². The zero-order valence-electron chi connectivity index (χ0n) is 12.8. The van der Waals surface area contributed by atoms with E-state index in [0.717, 1.165) is 22.9 Å². The average molecular weight is 274 g/mol. The topological polar surface area (TPSA) is 41.1 Å². The lowest BCUT2D eigenvalue weighted by atomic mass is 10.0. The minimum absolute atomic E-state index is 0.0199. The van der Waals surface area contributed by atoms with Crippen LogP contribution in [0.5, 0.6) is 0 Å². The molecule has 20 heavy (non-hydrogen) atoms. The Labute approximate surface area is 122 Å². The molecule has 1 amide bonds. The Morgan fingerprint density at radius 2 is 2.00 bits per heavy atom. The van der Waals surface area contributed by atoms with Crippen LogP contribution in [-0.2, 0) is 4.79 Å². The molecule has 0 aliphatic heterocycles. The Kier molecular flexibility index (Phi) is 5.05. The zero-order valence-corrected chi connectivity index (χ0v) is 12.8. The molecule has 0 heterocycles. The summed E-state index contributed by atoms with van der Waals surface area (Å²) >= 11 is 0. The third kappa shape index (κ3) is 4.26. The highest BCUT2D eigenvalue weighted by atomic mass is 16.1. The molecule has 110 valence electrons. The molecule has 2 unspecified atom stereocenters. The van der Waals surface area contributed by atoms with Gasteiger partial charge in [0.2, 0.25) is 5.91 Å². The summed E-state index contributed by atoms with van der Waals surface area (Å²) in [5, 5.41) is 6.52. The van der Waals surface area contributed by atoms with Crippen molar-refractivity contribution in [3.8, 4) is 0 Å². The predicted molar refractivity (Wildman–Crippen MR) is 85.1 cm³/mol. The minimum Gasteiger partial charge on any atom is -0.382 e. The van der Waals surface area contributed by atoms with Crippen LogP contribution in [0, 0.1) is 12.8 Å². The van der Waals surface area contributed by atoms with Crippen molar-refractivity contribution >= 4 is 17.3 Å². The molecule has 0 spiro atoms. The van der Waals surface area contributed by atoms with E-state index in [1.807, 2.05) is 13.0 Å². The molecule has 1 aromatic rings. The van der Waals surface area contributed by atoms with Gasteiger partial charge in [-0.15, -0.1) is 0 Å². The normalized spacial score (nSPS) is 22.9. The highest BCUT2D eigenvalue weighted by Gasteiger charge is 2.16. The first-order valence-electron chi connectivity index (χ1n) is 7.69. The SMILES string of the molecule is CC(=O)Nc1cc(NC2CCCC(C)CC2)ccc1C. The Balaban J connectivity index is 2.03. The molecule has 2 rings (SSSR count). The van der Waals surface area contributed by atoms with E-state index >= 15 is 0 Å². The lowest BCUT2D eigenvalue weighted by Gasteiger charge is -2.19. The first-order valence-corrected chi connectivity index (χ1v) is 7.69. The van der Waals surface area contributed by atoms with E-state index < -0.39 is 0 Å². The van der Waals surface area contributed by atoms with Gasteiger partial charge >= 0.3 is 0 Å². The Morgan fingerprint density at radius 3 is 2.75 bits per heavy atom. The molecular formula is C17H26N2O. The van der Waals surface area contributed by atoms with Crippen molar-refractivity contribution in [3.63, 3.8) is 0 Å². The third-order valence-electron chi connectivity index (χ3n) is 4.18. The van der Waals surface area contributed by atoms with E-state index in [-0.39, 0.29) is 5.91 Å². The summed E-state index contributed by atoms with van der Waals surface area (Å²) in [6, 6.07) is 6.78. The van der Waals surface area contributed by atoms with E-state index in [1.54, 1.807) is 6.92 Å². The molecule has 1 fully saturated rings. The number of aryl methyl sites for hydroxylation is 1. The molecule has 1 aliphatic rings. The predicted octanol–water partition coefficient (Wildman–Crippen LogP) is 4.33. The maximum absolute atomic E-state index is 11.2. The van der Waals surface area contributed by atoms with Gasteiger partial charge < -0.3 is 10.6 Å². The van der Waals surface area contributed by atoms with Gasteiger partial charge in [-0.3, -0.25) is 4.79 Å².